The lowest BCUT2D eigenvalue weighted by atomic mass is 9.92. The van der Waals surface area contributed by atoms with Crippen LogP contribution in [0.2, 0.25) is 0 Å². The number of likely N-dealkylation sites (tertiary alicyclic amines) is 1. The second-order valence-electron chi connectivity index (χ2n) is 6.87. The largest absolute Gasteiger partial charge is 0.492 e. The van der Waals surface area contributed by atoms with Crippen LogP contribution in [0.4, 0.5) is 4.39 Å². The molecule has 1 aromatic carbocycles. The molecule has 5 heteroatoms. The number of carbonyl (C=O) groups is 1. The molecule has 1 saturated heterocycles. The van der Waals surface area contributed by atoms with Crippen molar-refractivity contribution in [1.82, 2.24) is 9.80 Å². The van der Waals surface area contributed by atoms with E-state index in [4.69, 9.17) is 4.74 Å². The second-order valence-corrected chi connectivity index (χ2v) is 6.87. The smallest absolute Gasteiger partial charge is 0.219 e. The van der Waals surface area contributed by atoms with Crippen LogP contribution in [-0.4, -0.2) is 54.5 Å². The monoisotopic (exact) mass is 346 g/mol. The summed E-state index contributed by atoms with van der Waals surface area (Å²) < 4.78 is 18.6. The van der Waals surface area contributed by atoms with Crippen molar-refractivity contribution in [1.29, 1.82) is 0 Å². The summed E-state index contributed by atoms with van der Waals surface area (Å²) in [6.07, 6.45) is 6.72. The highest BCUT2D eigenvalue weighted by molar-refractivity contribution is 5.74. The summed E-state index contributed by atoms with van der Waals surface area (Å²) in [5.74, 6) is 0.632. The molecule has 1 atom stereocenters. The fourth-order valence-electron chi connectivity index (χ4n) is 3.78. The van der Waals surface area contributed by atoms with Gasteiger partial charge in [0.15, 0.2) is 0 Å². The lowest BCUT2D eigenvalue weighted by Gasteiger charge is -2.39. The minimum absolute atomic E-state index is 0.183. The number of amides is 1. The van der Waals surface area contributed by atoms with Crippen LogP contribution in [0.3, 0.4) is 0 Å². The fourth-order valence-corrected chi connectivity index (χ4v) is 3.78. The Morgan fingerprint density at radius 1 is 1.24 bits per heavy atom. The van der Waals surface area contributed by atoms with Gasteiger partial charge in [-0.1, -0.05) is 6.08 Å². The summed E-state index contributed by atoms with van der Waals surface area (Å²) in [5.41, 5.74) is 1.38. The van der Waals surface area contributed by atoms with E-state index in [2.05, 4.69) is 11.0 Å². The van der Waals surface area contributed by atoms with Crippen molar-refractivity contribution in [2.24, 2.45) is 0 Å². The molecular weight excluding hydrogens is 319 g/mol. The number of benzene rings is 1. The molecule has 0 saturated carbocycles. The van der Waals surface area contributed by atoms with Crippen molar-refractivity contribution in [3.8, 4) is 5.75 Å². The third-order valence-corrected chi connectivity index (χ3v) is 5.08. The number of hydrogen-bond donors (Lipinski definition) is 0. The summed E-state index contributed by atoms with van der Waals surface area (Å²) in [7, 11) is 0. The molecule has 0 N–H and O–H groups in total. The van der Waals surface area contributed by atoms with E-state index >= 15 is 0 Å². The van der Waals surface area contributed by atoms with Crippen LogP contribution >= 0.6 is 0 Å². The number of hydrogen-bond acceptors (Lipinski definition) is 3. The Labute approximate surface area is 149 Å². The maximum atomic E-state index is 12.9. The molecular formula is C20H27FN2O2. The van der Waals surface area contributed by atoms with Gasteiger partial charge in [0.1, 0.15) is 18.2 Å². The maximum Gasteiger partial charge on any atom is 0.219 e. The zero-order valence-corrected chi connectivity index (χ0v) is 14.9. The Hall–Kier alpha value is -1.88. The minimum atomic E-state index is -0.249. The van der Waals surface area contributed by atoms with E-state index in [1.165, 1.54) is 24.1 Å². The van der Waals surface area contributed by atoms with Gasteiger partial charge in [-0.2, -0.15) is 0 Å². The highest BCUT2D eigenvalue weighted by Gasteiger charge is 2.29. The third-order valence-electron chi connectivity index (χ3n) is 5.08. The number of ether oxygens (including phenoxy) is 1. The molecule has 1 amide bonds. The quantitative estimate of drug-likeness (QED) is 0.768. The Kier molecular flexibility index (Phi) is 6.08. The third kappa shape index (κ3) is 4.82. The van der Waals surface area contributed by atoms with E-state index in [-0.39, 0.29) is 17.8 Å². The van der Waals surface area contributed by atoms with E-state index in [1.54, 1.807) is 19.1 Å². The molecule has 0 unspecified atom stereocenters. The van der Waals surface area contributed by atoms with Gasteiger partial charge < -0.3 is 9.64 Å². The normalized spacial score (nSPS) is 21.8. The molecule has 1 aromatic rings. The number of carbonyl (C=O) groups excluding carboxylic acids is 1. The Morgan fingerprint density at radius 3 is 2.80 bits per heavy atom. The van der Waals surface area contributed by atoms with Gasteiger partial charge in [-0.3, -0.25) is 9.69 Å². The summed E-state index contributed by atoms with van der Waals surface area (Å²) in [6.45, 7) is 5.90. The SMILES string of the molecule is CC(=O)N1CCCC[C@@H]1C1=CCCN(CCOc2ccc(F)cc2)C1. The standard InChI is InChI=1S/C20H27FN2O2/c1-16(24)23-12-3-2-6-20(23)17-5-4-11-22(15-17)13-14-25-19-9-7-18(21)8-10-19/h5,7-10,20H,2-4,6,11-15H2,1H3/t20-/m1/s1. The second kappa shape index (κ2) is 8.48. The van der Waals surface area contributed by atoms with Gasteiger partial charge in [0.25, 0.3) is 0 Å². The number of rotatable bonds is 5. The van der Waals surface area contributed by atoms with Crippen molar-refractivity contribution in [3.05, 3.63) is 41.7 Å². The van der Waals surface area contributed by atoms with Crippen molar-refractivity contribution in [3.63, 3.8) is 0 Å². The van der Waals surface area contributed by atoms with E-state index < -0.39 is 0 Å². The van der Waals surface area contributed by atoms with Crippen molar-refractivity contribution in [2.75, 3.05) is 32.8 Å². The molecule has 0 radical (unpaired) electrons. The minimum Gasteiger partial charge on any atom is -0.492 e. The zero-order valence-electron chi connectivity index (χ0n) is 14.9. The van der Waals surface area contributed by atoms with Crippen molar-refractivity contribution >= 4 is 5.91 Å². The van der Waals surface area contributed by atoms with Gasteiger partial charge in [0.2, 0.25) is 5.91 Å². The van der Waals surface area contributed by atoms with E-state index in [1.807, 2.05) is 4.90 Å². The van der Waals surface area contributed by atoms with Crippen LogP contribution in [0.15, 0.2) is 35.9 Å². The predicted molar refractivity (Wildman–Crippen MR) is 96.1 cm³/mol. The van der Waals surface area contributed by atoms with Crippen LogP contribution in [0.25, 0.3) is 0 Å². The summed E-state index contributed by atoms with van der Waals surface area (Å²) >= 11 is 0. The first-order valence-corrected chi connectivity index (χ1v) is 9.20. The average molecular weight is 346 g/mol. The van der Waals surface area contributed by atoms with Crippen LogP contribution in [0, 0.1) is 5.82 Å². The average Bonchev–Trinajstić information content (AvgIpc) is 2.63. The van der Waals surface area contributed by atoms with Crippen molar-refractivity contribution in [2.45, 2.75) is 38.6 Å². The van der Waals surface area contributed by atoms with Crippen LogP contribution in [0.5, 0.6) is 5.75 Å². The summed E-state index contributed by atoms with van der Waals surface area (Å²) in [6, 6.07) is 6.41. The molecule has 0 spiro atoms. The Balaban J connectivity index is 1.51. The van der Waals surface area contributed by atoms with Crippen LogP contribution < -0.4 is 4.74 Å². The molecule has 25 heavy (non-hydrogen) atoms. The Morgan fingerprint density at radius 2 is 2.04 bits per heavy atom. The topological polar surface area (TPSA) is 32.8 Å². The van der Waals surface area contributed by atoms with E-state index in [0.29, 0.717) is 12.4 Å². The first-order valence-electron chi connectivity index (χ1n) is 9.20. The van der Waals surface area contributed by atoms with Gasteiger partial charge >= 0.3 is 0 Å². The summed E-state index contributed by atoms with van der Waals surface area (Å²) in [4.78, 5) is 16.3. The molecule has 0 aromatic heterocycles. The highest BCUT2D eigenvalue weighted by Crippen LogP contribution is 2.26. The first-order chi connectivity index (χ1) is 12.1. The van der Waals surface area contributed by atoms with Crippen LogP contribution in [0.1, 0.15) is 32.6 Å². The summed E-state index contributed by atoms with van der Waals surface area (Å²) in [5, 5.41) is 0. The lowest BCUT2D eigenvalue weighted by Crippen LogP contribution is -2.47. The van der Waals surface area contributed by atoms with E-state index in [9.17, 15) is 9.18 Å². The highest BCUT2D eigenvalue weighted by atomic mass is 19.1. The van der Waals surface area contributed by atoms with Gasteiger partial charge in [0, 0.05) is 33.1 Å². The predicted octanol–water partition coefficient (Wildman–Crippen LogP) is 3.24. The molecule has 2 aliphatic heterocycles. The molecule has 0 aliphatic carbocycles. The molecule has 4 nitrogen and oxygen atoms in total. The maximum absolute atomic E-state index is 12.9. The molecule has 2 heterocycles. The molecule has 1 fully saturated rings. The lowest BCUT2D eigenvalue weighted by molar-refractivity contribution is -0.131. The van der Waals surface area contributed by atoms with Gasteiger partial charge in [-0.15, -0.1) is 0 Å². The number of piperidine rings is 1. The number of nitrogens with zero attached hydrogens (tertiary/aromatic N) is 2. The van der Waals surface area contributed by atoms with Gasteiger partial charge in [0.05, 0.1) is 6.04 Å². The van der Waals surface area contributed by atoms with Gasteiger partial charge in [-0.25, -0.2) is 4.39 Å². The molecule has 3 rings (SSSR count). The first kappa shape index (κ1) is 17.9. The number of halogens is 1. The van der Waals surface area contributed by atoms with Gasteiger partial charge in [-0.05, 0) is 55.5 Å². The molecule has 0 bridgehead atoms. The molecule has 2 aliphatic rings. The zero-order chi connectivity index (χ0) is 17.6. The molecule has 136 valence electrons. The van der Waals surface area contributed by atoms with Crippen molar-refractivity contribution < 1.29 is 13.9 Å². The van der Waals surface area contributed by atoms with Crippen LogP contribution in [-0.2, 0) is 4.79 Å². The Bertz CT molecular complexity index is 615. The van der Waals surface area contributed by atoms with E-state index in [0.717, 1.165) is 45.4 Å². The fraction of sp³-hybridized carbons (Fsp3) is 0.550.